The highest BCUT2D eigenvalue weighted by atomic mass is 35.5. The predicted octanol–water partition coefficient (Wildman–Crippen LogP) is 3.83. The Hall–Kier alpha value is -3.32. The third kappa shape index (κ3) is 8.12. The molecule has 0 aliphatic carbocycles. The fourth-order valence-corrected chi connectivity index (χ4v) is 4.27. The Morgan fingerprint density at radius 2 is 1.94 bits per heavy atom. The second-order valence-electron chi connectivity index (χ2n) is 8.09. The van der Waals surface area contributed by atoms with Crippen LogP contribution >= 0.6 is 22.9 Å². The zero-order valence-corrected chi connectivity index (χ0v) is 21.8. The maximum Gasteiger partial charge on any atom is 0.267 e. The van der Waals surface area contributed by atoms with Crippen LogP contribution in [0.4, 0.5) is 22.5 Å². The maximum absolute atomic E-state index is 12.7. The number of anilines is 4. The van der Waals surface area contributed by atoms with Crippen LogP contribution in [-0.4, -0.2) is 63.6 Å². The molecule has 2 aromatic heterocycles. The van der Waals surface area contributed by atoms with Crippen LogP contribution in [0.2, 0.25) is 5.02 Å². The van der Waals surface area contributed by atoms with Crippen molar-refractivity contribution >= 4 is 57.2 Å². The summed E-state index contributed by atoms with van der Waals surface area (Å²) in [6, 6.07) is 7.20. The van der Waals surface area contributed by atoms with Gasteiger partial charge in [-0.1, -0.05) is 35.1 Å². The lowest BCUT2D eigenvalue weighted by atomic mass is 10.2. The van der Waals surface area contributed by atoms with Crippen LogP contribution in [0.15, 0.2) is 30.5 Å². The third-order valence-corrected chi connectivity index (χ3v) is 6.36. The molecule has 13 heteroatoms. The van der Waals surface area contributed by atoms with Gasteiger partial charge >= 0.3 is 0 Å². The maximum atomic E-state index is 12.7. The summed E-state index contributed by atoms with van der Waals surface area (Å²) in [6.45, 7) is 5.77. The molecular weight excluding hydrogens is 504 g/mol. The Bertz CT molecular complexity index is 1190. The number of nitrogens with zero attached hydrogens (tertiary/aromatic N) is 4. The molecule has 3 aromatic rings. The zero-order valence-electron chi connectivity index (χ0n) is 20.3. The van der Waals surface area contributed by atoms with E-state index in [0.717, 1.165) is 18.7 Å². The van der Waals surface area contributed by atoms with Crippen molar-refractivity contribution in [3.05, 3.63) is 51.7 Å². The number of rotatable bonds is 12. The lowest BCUT2D eigenvalue weighted by Crippen LogP contribution is -2.27. The molecule has 11 nitrogen and oxygen atoms in total. The standard InChI is InChI=1S/C23H29ClN8O3S/c1-14-6-4-7-16(24)21(14)30-22(34)17-13-26-23(36-17)29-19-12-18(27-15(2)28-19)25-9-11-32(3)10-5-8-20(33)31-35/h4,6-7,12-13,35H,5,8-11H2,1-3H3,(H,30,34)(H,31,33)(H2,25,26,27,28,29). The molecule has 36 heavy (non-hydrogen) atoms. The number of carbonyl (C=O) groups excluding carboxylic acids is 2. The molecular formula is C23H29ClN8O3S. The number of benzene rings is 1. The number of aryl methyl sites for hydroxylation is 2. The molecule has 3 rings (SSSR count). The monoisotopic (exact) mass is 532 g/mol. The molecule has 2 heterocycles. The minimum Gasteiger partial charge on any atom is -0.369 e. The lowest BCUT2D eigenvalue weighted by Gasteiger charge is -2.17. The first kappa shape index (κ1) is 27.3. The highest BCUT2D eigenvalue weighted by Gasteiger charge is 2.14. The van der Waals surface area contributed by atoms with E-state index in [2.05, 4.69) is 35.8 Å². The van der Waals surface area contributed by atoms with Crippen LogP contribution in [0.1, 0.15) is 33.9 Å². The van der Waals surface area contributed by atoms with E-state index < -0.39 is 0 Å². The Kier molecular flexibility index (Phi) is 9.94. The Balaban J connectivity index is 1.54. The number of carbonyl (C=O) groups is 2. The van der Waals surface area contributed by atoms with Crippen molar-refractivity contribution in [1.29, 1.82) is 0 Å². The largest absolute Gasteiger partial charge is 0.369 e. The van der Waals surface area contributed by atoms with Crippen molar-refractivity contribution < 1.29 is 14.8 Å². The fourth-order valence-electron chi connectivity index (χ4n) is 3.29. The van der Waals surface area contributed by atoms with Crippen molar-refractivity contribution in [3.8, 4) is 0 Å². The van der Waals surface area contributed by atoms with Gasteiger partial charge in [-0.05, 0) is 45.5 Å². The van der Waals surface area contributed by atoms with Gasteiger partial charge in [-0.15, -0.1) is 0 Å². The summed E-state index contributed by atoms with van der Waals surface area (Å²) in [6.07, 6.45) is 2.42. The first-order chi connectivity index (χ1) is 17.2. The van der Waals surface area contributed by atoms with Crippen molar-refractivity contribution in [2.45, 2.75) is 26.7 Å². The Morgan fingerprint density at radius 3 is 2.69 bits per heavy atom. The number of halogens is 1. The van der Waals surface area contributed by atoms with Gasteiger partial charge in [-0.3, -0.25) is 14.8 Å². The minimum atomic E-state index is -0.387. The number of nitrogens with one attached hydrogen (secondary N) is 4. The van der Waals surface area contributed by atoms with E-state index in [1.165, 1.54) is 17.5 Å². The van der Waals surface area contributed by atoms with E-state index in [4.69, 9.17) is 16.8 Å². The molecule has 0 bridgehead atoms. The quantitative estimate of drug-likeness (QED) is 0.173. The van der Waals surface area contributed by atoms with Crippen LogP contribution in [0.5, 0.6) is 0 Å². The average Bonchev–Trinajstić information content (AvgIpc) is 3.29. The number of hydrogen-bond donors (Lipinski definition) is 5. The van der Waals surface area contributed by atoms with E-state index in [1.807, 2.05) is 26.1 Å². The molecule has 0 aliphatic rings. The van der Waals surface area contributed by atoms with Crippen molar-refractivity contribution in [1.82, 2.24) is 25.3 Å². The fraction of sp³-hybridized carbons (Fsp3) is 0.348. The summed E-state index contributed by atoms with van der Waals surface area (Å²) >= 11 is 7.41. The van der Waals surface area contributed by atoms with Gasteiger partial charge in [0, 0.05) is 25.6 Å². The van der Waals surface area contributed by atoms with Crippen LogP contribution in [0, 0.1) is 13.8 Å². The second-order valence-corrected chi connectivity index (χ2v) is 9.53. The summed E-state index contributed by atoms with van der Waals surface area (Å²) in [4.78, 5) is 39.4. The smallest absolute Gasteiger partial charge is 0.267 e. The van der Waals surface area contributed by atoms with Crippen LogP contribution in [0.25, 0.3) is 0 Å². The molecule has 0 spiro atoms. The number of thiazole rings is 1. The van der Waals surface area contributed by atoms with E-state index >= 15 is 0 Å². The van der Waals surface area contributed by atoms with E-state index in [0.29, 0.717) is 51.1 Å². The second kappa shape index (κ2) is 13.1. The summed E-state index contributed by atoms with van der Waals surface area (Å²) in [5.41, 5.74) is 3.08. The molecule has 1 aromatic carbocycles. The molecule has 5 N–H and O–H groups in total. The van der Waals surface area contributed by atoms with Gasteiger partial charge in [0.1, 0.15) is 22.3 Å². The first-order valence-corrected chi connectivity index (χ1v) is 12.4. The Morgan fingerprint density at radius 1 is 1.17 bits per heavy atom. The minimum absolute atomic E-state index is 0.272. The number of hydrogen-bond acceptors (Lipinski definition) is 10. The normalized spacial score (nSPS) is 10.8. The summed E-state index contributed by atoms with van der Waals surface area (Å²) in [5.74, 6) is 1.11. The SMILES string of the molecule is Cc1nc(NCCN(C)CCCC(=O)NO)cc(Nc2ncc(C(=O)Nc3c(C)cccc3Cl)s2)n1. The Labute approximate surface area is 218 Å². The molecule has 0 unspecified atom stereocenters. The van der Waals surface area contributed by atoms with E-state index in [1.54, 1.807) is 24.5 Å². The molecule has 0 aliphatic heterocycles. The predicted molar refractivity (Wildman–Crippen MR) is 141 cm³/mol. The summed E-state index contributed by atoms with van der Waals surface area (Å²) in [7, 11) is 1.96. The molecule has 0 saturated heterocycles. The molecule has 2 amide bonds. The molecule has 0 atom stereocenters. The van der Waals surface area contributed by atoms with Gasteiger partial charge in [-0.25, -0.2) is 20.4 Å². The molecule has 192 valence electrons. The topological polar surface area (TPSA) is 144 Å². The molecule has 0 radical (unpaired) electrons. The zero-order chi connectivity index (χ0) is 26.1. The highest BCUT2D eigenvalue weighted by Crippen LogP contribution is 2.28. The number of aromatic nitrogens is 3. The van der Waals surface area contributed by atoms with Gasteiger partial charge in [0.2, 0.25) is 5.91 Å². The number of para-hydroxylation sites is 1. The summed E-state index contributed by atoms with van der Waals surface area (Å²) in [5, 5.41) is 18.8. The number of likely N-dealkylation sites (N-methyl/N-ethyl adjacent to an activating group) is 1. The van der Waals surface area contributed by atoms with Crippen LogP contribution in [-0.2, 0) is 4.79 Å². The van der Waals surface area contributed by atoms with Crippen molar-refractivity contribution in [2.24, 2.45) is 0 Å². The van der Waals surface area contributed by atoms with E-state index in [9.17, 15) is 9.59 Å². The first-order valence-electron chi connectivity index (χ1n) is 11.3. The van der Waals surface area contributed by atoms with E-state index in [-0.39, 0.29) is 18.2 Å². The molecule has 0 fully saturated rings. The van der Waals surface area contributed by atoms with Crippen molar-refractivity contribution in [2.75, 3.05) is 42.6 Å². The van der Waals surface area contributed by atoms with Gasteiger partial charge in [0.05, 0.1) is 16.9 Å². The van der Waals surface area contributed by atoms with Gasteiger partial charge < -0.3 is 20.9 Å². The van der Waals surface area contributed by atoms with Gasteiger partial charge in [-0.2, -0.15) is 0 Å². The third-order valence-electron chi connectivity index (χ3n) is 5.13. The molecule has 0 saturated carbocycles. The average molecular weight is 533 g/mol. The number of amides is 2. The van der Waals surface area contributed by atoms with Gasteiger partial charge in [0.15, 0.2) is 5.13 Å². The van der Waals surface area contributed by atoms with Crippen molar-refractivity contribution in [3.63, 3.8) is 0 Å². The summed E-state index contributed by atoms with van der Waals surface area (Å²) < 4.78 is 0. The van der Waals surface area contributed by atoms with Crippen LogP contribution < -0.4 is 21.4 Å². The number of hydroxylamine groups is 1. The lowest BCUT2D eigenvalue weighted by molar-refractivity contribution is -0.129. The highest BCUT2D eigenvalue weighted by molar-refractivity contribution is 7.17. The van der Waals surface area contributed by atoms with Gasteiger partial charge in [0.25, 0.3) is 5.91 Å². The van der Waals surface area contributed by atoms with Crippen LogP contribution in [0.3, 0.4) is 0 Å².